The Balaban J connectivity index is 1.95. The molecule has 0 aromatic carbocycles. The van der Waals surface area contributed by atoms with E-state index in [9.17, 15) is 0 Å². The molecule has 0 aromatic rings. The number of hydrogen-bond donors (Lipinski definition) is 1. The molecule has 3 saturated carbocycles. The zero-order valence-corrected chi connectivity index (χ0v) is 6.17. The molecule has 0 radical (unpaired) electrons. The normalized spacial score (nSPS) is 57.7. The van der Waals surface area contributed by atoms with Crippen LogP contribution in [0.1, 0.15) is 20.3 Å². The van der Waals surface area contributed by atoms with Gasteiger partial charge in [-0.1, -0.05) is 6.92 Å². The lowest BCUT2D eigenvalue weighted by molar-refractivity contribution is -0.160. The molecule has 0 amide bonds. The monoisotopic (exact) mass is 125 g/mol. The third-order valence-electron chi connectivity index (χ3n) is 3.49. The molecule has 52 valence electrons. The summed E-state index contributed by atoms with van der Waals surface area (Å²) in [6.07, 6.45) is 1.48. The van der Waals surface area contributed by atoms with Crippen molar-refractivity contribution in [2.45, 2.75) is 26.3 Å². The van der Waals surface area contributed by atoms with Gasteiger partial charge in [-0.2, -0.15) is 0 Å². The van der Waals surface area contributed by atoms with Gasteiger partial charge in [0.1, 0.15) is 0 Å². The summed E-state index contributed by atoms with van der Waals surface area (Å²) in [5.74, 6) is 3.94. The van der Waals surface area contributed by atoms with Crippen LogP contribution >= 0.6 is 0 Å². The van der Waals surface area contributed by atoms with Crippen LogP contribution in [0.15, 0.2) is 0 Å². The second-order valence-corrected chi connectivity index (χ2v) is 3.86. The van der Waals surface area contributed by atoms with Gasteiger partial charge in [-0.25, -0.2) is 0 Å². The molecule has 3 rings (SSSR count). The van der Waals surface area contributed by atoms with Crippen molar-refractivity contribution in [3.63, 3.8) is 0 Å². The first-order valence-electron chi connectivity index (χ1n) is 3.97. The van der Waals surface area contributed by atoms with E-state index in [-0.39, 0.29) is 0 Å². The molecule has 2 N–H and O–H groups in total. The molecule has 5 atom stereocenters. The lowest BCUT2D eigenvalue weighted by atomic mass is 9.40. The van der Waals surface area contributed by atoms with Crippen molar-refractivity contribution in [1.29, 1.82) is 0 Å². The second kappa shape index (κ2) is 1.51. The highest BCUT2D eigenvalue weighted by molar-refractivity contribution is 5.08. The van der Waals surface area contributed by atoms with Gasteiger partial charge >= 0.3 is 0 Å². The fourth-order valence-corrected chi connectivity index (χ4v) is 2.64. The highest BCUT2D eigenvalue weighted by atomic mass is 14.7. The fourth-order valence-electron chi connectivity index (χ4n) is 2.64. The average molecular weight is 125 g/mol. The van der Waals surface area contributed by atoms with E-state index in [0.717, 1.165) is 23.7 Å². The predicted octanol–water partition coefficient (Wildman–Crippen LogP) is 1.24. The summed E-state index contributed by atoms with van der Waals surface area (Å²) in [4.78, 5) is 0. The molecular formula is C8H15N. The van der Waals surface area contributed by atoms with Crippen LogP contribution in [-0.2, 0) is 0 Å². The fraction of sp³-hybridized carbons (Fsp3) is 1.00. The topological polar surface area (TPSA) is 26.0 Å². The molecular weight excluding hydrogens is 110 g/mol. The van der Waals surface area contributed by atoms with Crippen LogP contribution < -0.4 is 5.73 Å². The van der Waals surface area contributed by atoms with Gasteiger partial charge in [-0.05, 0) is 37.0 Å². The summed E-state index contributed by atoms with van der Waals surface area (Å²) < 4.78 is 0. The van der Waals surface area contributed by atoms with Gasteiger partial charge < -0.3 is 5.73 Å². The maximum Gasteiger partial charge on any atom is 0.00442 e. The molecule has 0 aromatic heterocycles. The molecule has 0 heterocycles. The van der Waals surface area contributed by atoms with Crippen molar-refractivity contribution >= 4 is 0 Å². The minimum absolute atomic E-state index is 0.463. The standard InChI is InChI=1S/C8H15N/c1-4-6-3-7(4)8(6)5(2)9/h4-8H,3,9H2,1-2H3/t4-,5-,6+,7?,8?/m0/s1. The summed E-state index contributed by atoms with van der Waals surface area (Å²) in [5, 5.41) is 0. The summed E-state index contributed by atoms with van der Waals surface area (Å²) in [6.45, 7) is 4.51. The molecule has 9 heavy (non-hydrogen) atoms. The SMILES string of the molecule is C[C@H](N)C1C2C[C@@H]1[C@@H]2C. The smallest absolute Gasteiger partial charge is 0.00442 e. The second-order valence-electron chi connectivity index (χ2n) is 3.86. The Morgan fingerprint density at radius 3 is 2.11 bits per heavy atom. The molecule has 0 saturated heterocycles. The Kier molecular flexibility index (Phi) is 0.963. The quantitative estimate of drug-likeness (QED) is 0.560. The maximum atomic E-state index is 5.78. The number of nitrogens with two attached hydrogens (primary N) is 1. The van der Waals surface area contributed by atoms with E-state index in [0.29, 0.717) is 6.04 Å². The number of rotatable bonds is 1. The molecule has 2 bridgehead atoms. The maximum absolute atomic E-state index is 5.78. The van der Waals surface area contributed by atoms with E-state index < -0.39 is 0 Å². The van der Waals surface area contributed by atoms with E-state index in [1.165, 1.54) is 6.42 Å². The Hall–Kier alpha value is -0.0400. The predicted molar refractivity (Wildman–Crippen MR) is 37.9 cm³/mol. The molecule has 1 nitrogen and oxygen atoms in total. The average Bonchev–Trinajstić information content (AvgIpc) is 1.58. The van der Waals surface area contributed by atoms with Gasteiger partial charge in [0.05, 0.1) is 0 Å². The summed E-state index contributed by atoms with van der Waals surface area (Å²) in [6, 6.07) is 0.463. The zero-order valence-electron chi connectivity index (χ0n) is 6.17. The highest BCUT2D eigenvalue weighted by Gasteiger charge is 2.59. The minimum atomic E-state index is 0.463. The summed E-state index contributed by atoms with van der Waals surface area (Å²) in [5.41, 5.74) is 5.78. The van der Waals surface area contributed by atoms with Gasteiger partial charge in [0, 0.05) is 6.04 Å². The Labute approximate surface area is 56.6 Å². The van der Waals surface area contributed by atoms with E-state index in [1.807, 2.05) is 0 Å². The molecule has 3 fully saturated rings. The lowest BCUT2D eigenvalue weighted by Crippen LogP contribution is -2.63. The molecule has 1 heteroatoms. The van der Waals surface area contributed by atoms with E-state index in [2.05, 4.69) is 13.8 Å². The van der Waals surface area contributed by atoms with Gasteiger partial charge in [-0.3, -0.25) is 0 Å². The van der Waals surface area contributed by atoms with Gasteiger partial charge in [-0.15, -0.1) is 0 Å². The van der Waals surface area contributed by atoms with Gasteiger partial charge in [0.25, 0.3) is 0 Å². The molecule has 3 aliphatic carbocycles. The number of hydrogen-bond acceptors (Lipinski definition) is 1. The van der Waals surface area contributed by atoms with Crippen molar-refractivity contribution in [1.82, 2.24) is 0 Å². The largest absolute Gasteiger partial charge is 0.328 e. The van der Waals surface area contributed by atoms with Gasteiger partial charge in [0.2, 0.25) is 0 Å². The third kappa shape index (κ3) is 0.493. The van der Waals surface area contributed by atoms with Crippen molar-refractivity contribution < 1.29 is 0 Å². The summed E-state index contributed by atoms with van der Waals surface area (Å²) in [7, 11) is 0. The van der Waals surface area contributed by atoms with Crippen molar-refractivity contribution in [2.75, 3.05) is 0 Å². The van der Waals surface area contributed by atoms with Crippen molar-refractivity contribution in [3.05, 3.63) is 0 Å². The van der Waals surface area contributed by atoms with Crippen LogP contribution in [0.3, 0.4) is 0 Å². The van der Waals surface area contributed by atoms with Crippen LogP contribution in [0, 0.1) is 23.7 Å². The zero-order chi connectivity index (χ0) is 6.59. The molecule has 0 aliphatic heterocycles. The summed E-state index contributed by atoms with van der Waals surface area (Å²) >= 11 is 0. The van der Waals surface area contributed by atoms with Crippen LogP contribution in [0.2, 0.25) is 0 Å². The van der Waals surface area contributed by atoms with Crippen LogP contribution in [0.4, 0.5) is 0 Å². The molecule has 3 aliphatic rings. The first kappa shape index (κ1) is 5.72. The van der Waals surface area contributed by atoms with E-state index >= 15 is 0 Å². The lowest BCUT2D eigenvalue weighted by Gasteiger charge is -2.65. The van der Waals surface area contributed by atoms with Crippen LogP contribution in [0.5, 0.6) is 0 Å². The molecule has 2 unspecified atom stereocenters. The van der Waals surface area contributed by atoms with Gasteiger partial charge in [0.15, 0.2) is 0 Å². The first-order valence-corrected chi connectivity index (χ1v) is 3.97. The van der Waals surface area contributed by atoms with Crippen LogP contribution in [0.25, 0.3) is 0 Å². The highest BCUT2D eigenvalue weighted by Crippen LogP contribution is 2.63. The van der Waals surface area contributed by atoms with Crippen LogP contribution in [-0.4, -0.2) is 6.04 Å². The van der Waals surface area contributed by atoms with Crippen molar-refractivity contribution in [3.8, 4) is 0 Å². The minimum Gasteiger partial charge on any atom is -0.328 e. The molecule has 0 spiro atoms. The van der Waals surface area contributed by atoms with E-state index in [1.54, 1.807) is 0 Å². The Morgan fingerprint density at radius 2 is 2.00 bits per heavy atom. The Bertz CT molecular complexity index is 121. The van der Waals surface area contributed by atoms with E-state index in [4.69, 9.17) is 5.73 Å². The Morgan fingerprint density at radius 1 is 1.44 bits per heavy atom. The third-order valence-corrected chi connectivity index (χ3v) is 3.49. The van der Waals surface area contributed by atoms with Crippen molar-refractivity contribution in [2.24, 2.45) is 29.4 Å². The first-order chi connectivity index (χ1) is 4.22.